The molecule has 1 N–H and O–H groups in total. The zero-order valence-electron chi connectivity index (χ0n) is 19.2. The zero-order valence-corrected chi connectivity index (χ0v) is 20.8. The van der Waals surface area contributed by atoms with Crippen molar-refractivity contribution >= 4 is 33.4 Å². The predicted molar refractivity (Wildman–Crippen MR) is 129 cm³/mol. The lowest BCUT2D eigenvalue weighted by Crippen LogP contribution is -2.29. The quantitative estimate of drug-likeness (QED) is 0.281. The first-order valence-electron chi connectivity index (χ1n) is 11.0. The third kappa shape index (κ3) is 4.75. The number of carbonyl (C=O) groups excluding carboxylic acids is 2. The van der Waals surface area contributed by atoms with Crippen LogP contribution in [-0.4, -0.2) is 22.7 Å². The van der Waals surface area contributed by atoms with Crippen molar-refractivity contribution in [3.63, 3.8) is 0 Å². The van der Waals surface area contributed by atoms with Gasteiger partial charge in [0.1, 0.15) is 5.75 Å². The van der Waals surface area contributed by atoms with E-state index in [9.17, 15) is 14.7 Å². The van der Waals surface area contributed by atoms with Crippen molar-refractivity contribution < 1.29 is 24.4 Å². The van der Waals surface area contributed by atoms with Crippen LogP contribution in [-0.2, 0) is 16.1 Å². The van der Waals surface area contributed by atoms with Gasteiger partial charge in [-0.25, -0.2) is 4.98 Å². The standard InChI is InChI=1S/C27H25BrN2O4/c1-16(2)34-22-10-9-20(12-17(22)3)25(31)23-24(19-7-4-8-21(28)13-19)30(27(33)26(23)32)15-18-6-5-11-29-14-18/h4-14,16,24,31H,15H2,1-3H3. The lowest BCUT2D eigenvalue weighted by atomic mass is 9.94. The van der Waals surface area contributed by atoms with Crippen LogP contribution in [0.1, 0.15) is 42.1 Å². The molecule has 1 aromatic heterocycles. The smallest absolute Gasteiger partial charge is 0.295 e. The van der Waals surface area contributed by atoms with E-state index in [1.807, 2.05) is 57.2 Å². The minimum Gasteiger partial charge on any atom is -0.872 e. The highest BCUT2D eigenvalue weighted by Gasteiger charge is 2.44. The molecule has 1 aliphatic rings. The van der Waals surface area contributed by atoms with Crippen LogP contribution in [0.5, 0.6) is 5.75 Å². The van der Waals surface area contributed by atoms with Crippen LogP contribution in [0.4, 0.5) is 0 Å². The third-order valence-electron chi connectivity index (χ3n) is 5.62. The molecule has 2 aromatic carbocycles. The second-order valence-electron chi connectivity index (χ2n) is 8.52. The molecule has 1 amide bonds. The first kappa shape index (κ1) is 23.7. The number of carbonyl (C=O) groups is 2. The molecule has 1 aliphatic heterocycles. The number of ether oxygens (including phenoxy) is 1. The van der Waals surface area contributed by atoms with E-state index in [1.54, 1.807) is 30.6 Å². The van der Waals surface area contributed by atoms with E-state index in [1.165, 1.54) is 4.90 Å². The van der Waals surface area contributed by atoms with Gasteiger partial charge >= 0.3 is 0 Å². The number of amides is 1. The lowest BCUT2D eigenvalue weighted by Gasteiger charge is -2.27. The summed E-state index contributed by atoms with van der Waals surface area (Å²) in [6.45, 7) is 5.90. The molecule has 2 heterocycles. The van der Waals surface area contributed by atoms with Crippen LogP contribution >= 0.6 is 15.9 Å². The summed E-state index contributed by atoms with van der Waals surface area (Å²) in [5, 5.41) is 13.7. The fourth-order valence-electron chi connectivity index (χ4n) is 4.11. The van der Waals surface area contributed by atoms with Crippen molar-refractivity contribution in [2.24, 2.45) is 0 Å². The van der Waals surface area contributed by atoms with Gasteiger partial charge in [-0.1, -0.05) is 39.9 Å². The van der Waals surface area contributed by atoms with Crippen LogP contribution in [0.25, 0.3) is 5.76 Å². The third-order valence-corrected chi connectivity index (χ3v) is 6.11. The Bertz CT molecular complexity index is 1270. The highest BCUT2D eigenvalue weighted by atomic mass is 79.9. The second-order valence-corrected chi connectivity index (χ2v) is 9.44. The predicted octanol–water partition coefficient (Wildman–Crippen LogP) is 3.78. The van der Waals surface area contributed by atoms with Gasteiger partial charge < -0.3 is 14.7 Å². The molecule has 0 aliphatic carbocycles. The van der Waals surface area contributed by atoms with Gasteiger partial charge in [-0.05, 0) is 67.8 Å². The summed E-state index contributed by atoms with van der Waals surface area (Å²) >= 11 is 3.46. The molecule has 0 bridgehead atoms. The average molecular weight is 521 g/mol. The molecule has 174 valence electrons. The van der Waals surface area contributed by atoms with Crippen molar-refractivity contribution in [2.75, 3.05) is 0 Å². The number of aromatic nitrogens is 1. The Labute approximate surface area is 207 Å². The van der Waals surface area contributed by atoms with Gasteiger partial charge in [0.15, 0.2) is 12.4 Å². The van der Waals surface area contributed by atoms with E-state index in [0.29, 0.717) is 16.9 Å². The van der Waals surface area contributed by atoms with E-state index >= 15 is 0 Å². The fraction of sp³-hybridized carbons (Fsp3) is 0.222. The first-order valence-corrected chi connectivity index (χ1v) is 11.8. The Hall–Kier alpha value is -3.45. The maximum atomic E-state index is 13.7. The van der Waals surface area contributed by atoms with Crippen LogP contribution < -0.4 is 14.8 Å². The number of benzene rings is 2. The summed E-state index contributed by atoms with van der Waals surface area (Å²) in [5.41, 5.74) is 2.60. The Balaban J connectivity index is 1.83. The molecule has 0 spiro atoms. The second kappa shape index (κ2) is 9.81. The molecular weight excluding hydrogens is 496 g/mol. The van der Waals surface area contributed by atoms with Crippen molar-refractivity contribution in [2.45, 2.75) is 39.5 Å². The summed E-state index contributed by atoms with van der Waals surface area (Å²) in [5.74, 6) is -1.23. The maximum absolute atomic E-state index is 13.7. The summed E-state index contributed by atoms with van der Waals surface area (Å²) in [6, 6.07) is 15.3. The maximum Gasteiger partial charge on any atom is 0.295 e. The fourth-order valence-corrected chi connectivity index (χ4v) is 4.53. The number of hydrogen-bond acceptors (Lipinski definition) is 4. The number of H-pyrrole nitrogens is 1. The van der Waals surface area contributed by atoms with Crippen molar-refractivity contribution in [1.82, 2.24) is 4.90 Å². The highest BCUT2D eigenvalue weighted by molar-refractivity contribution is 9.10. The van der Waals surface area contributed by atoms with Crippen LogP contribution in [0, 0.1) is 6.92 Å². The van der Waals surface area contributed by atoms with E-state index < -0.39 is 23.5 Å². The molecule has 34 heavy (non-hydrogen) atoms. The molecule has 7 heteroatoms. The van der Waals surface area contributed by atoms with Gasteiger partial charge in [0, 0.05) is 21.7 Å². The van der Waals surface area contributed by atoms with E-state index in [-0.39, 0.29) is 18.2 Å². The number of nitrogens with one attached hydrogen (secondary N) is 1. The van der Waals surface area contributed by atoms with Crippen molar-refractivity contribution in [1.29, 1.82) is 0 Å². The SMILES string of the molecule is Cc1cc(C([O-])=C2C(=O)C(=O)N(Cc3ccc[nH+]c3)C2c2cccc(Br)c2)ccc1OC(C)C. The molecule has 0 saturated carbocycles. The number of aromatic amines is 1. The number of ketones is 1. The highest BCUT2D eigenvalue weighted by Crippen LogP contribution is 2.40. The molecule has 1 unspecified atom stereocenters. The number of halogens is 1. The van der Waals surface area contributed by atoms with Gasteiger partial charge in [0.25, 0.3) is 5.91 Å². The summed E-state index contributed by atoms with van der Waals surface area (Å²) in [7, 11) is 0. The van der Waals surface area contributed by atoms with E-state index in [0.717, 1.165) is 15.6 Å². The molecule has 4 rings (SSSR count). The van der Waals surface area contributed by atoms with Crippen LogP contribution in [0.3, 0.4) is 0 Å². The number of aryl methyl sites for hydroxylation is 1. The average Bonchev–Trinajstić information content (AvgIpc) is 3.05. The molecule has 1 atom stereocenters. The van der Waals surface area contributed by atoms with Crippen molar-refractivity contribution in [3.8, 4) is 5.75 Å². The zero-order chi connectivity index (χ0) is 24.4. The summed E-state index contributed by atoms with van der Waals surface area (Å²) in [6.07, 6.45) is 3.53. The lowest BCUT2D eigenvalue weighted by molar-refractivity contribution is -0.378. The number of nitrogens with zero attached hydrogens (tertiary/aromatic N) is 1. The van der Waals surface area contributed by atoms with Gasteiger partial charge in [0.2, 0.25) is 5.78 Å². The van der Waals surface area contributed by atoms with E-state index in [2.05, 4.69) is 20.9 Å². The Morgan fingerprint density at radius 2 is 1.94 bits per heavy atom. The number of pyridine rings is 1. The minimum absolute atomic E-state index is 0.00615. The molecule has 0 radical (unpaired) electrons. The molecule has 1 fully saturated rings. The molecular formula is C27H25BrN2O4. The Kier molecular flexibility index (Phi) is 6.84. The van der Waals surface area contributed by atoms with Gasteiger partial charge in [-0.3, -0.25) is 9.59 Å². The van der Waals surface area contributed by atoms with Gasteiger partial charge in [-0.15, -0.1) is 0 Å². The molecule has 3 aromatic rings. The minimum atomic E-state index is -0.794. The van der Waals surface area contributed by atoms with E-state index in [4.69, 9.17) is 4.74 Å². The van der Waals surface area contributed by atoms with Crippen LogP contribution in [0.15, 0.2) is 77.0 Å². The monoisotopic (exact) mass is 520 g/mol. The number of Topliss-reactive ketones (excluding diaryl/α,β-unsaturated/α-hetero) is 1. The number of hydrogen-bond donors (Lipinski definition) is 0. The molecule has 6 nitrogen and oxygen atoms in total. The summed E-state index contributed by atoms with van der Waals surface area (Å²) in [4.78, 5) is 30.8. The van der Waals surface area contributed by atoms with Crippen molar-refractivity contribution in [3.05, 3.63) is 99.3 Å². The normalized spacial score (nSPS) is 17.4. The Morgan fingerprint density at radius 1 is 1.15 bits per heavy atom. The Morgan fingerprint density at radius 3 is 2.59 bits per heavy atom. The number of likely N-dealkylation sites (tertiary alicyclic amines) is 1. The summed E-state index contributed by atoms with van der Waals surface area (Å²) < 4.78 is 6.57. The molecule has 1 saturated heterocycles. The van der Waals surface area contributed by atoms with Gasteiger partial charge in [-0.2, -0.15) is 0 Å². The largest absolute Gasteiger partial charge is 0.872 e. The van der Waals surface area contributed by atoms with Gasteiger partial charge in [0.05, 0.1) is 18.7 Å². The first-order chi connectivity index (χ1) is 16.3. The van der Waals surface area contributed by atoms with Crippen LogP contribution in [0.2, 0.25) is 0 Å². The number of rotatable bonds is 6. The topological polar surface area (TPSA) is 83.8 Å².